The van der Waals surface area contributed by atoms with Crippen LogP contribution in [0.5, 0.6) is 0 Å². The number of benzene rings is 9. The van der Waals surface area contributed by atoms with Crippen LogP contribution in [0, 0.1) is 11.6 Å². The van der Waals surface area contributed by atoms with Crippen LogP contribution in [0.1, 0.15) is 33.4 Å². The van der Waals surface area contributed by atoms with Crippen molar-refractivity contribution in [2.75, 3.05) is 9.80 Å². The molecule has 2 aliphatic rings. The molecule has 0 saturated carbocycles. The number of halogens is 8. The van der Waals surface area contributed by atoms with Gasteiger partial charge in [0.05, 0.1) is 33.6 Å². The highest BCUT2D eigenvalue weighted by molar-refractivity contribution is 6.12. The Labute approximate surface area is 367 Å². The molecule has 0 aliphatic heterocycles. The number of nitrogens with zero attached hydrogens (tertiary/aromatic N) is 2. The van der Waals surface area contributed by atoms with E-state index in [1.165, 1.54) is 36.4 Å². The van der Waals surface area contributed by atoms with Crippen LogP contribution in [0.2, 0.25) is 0 Å². The summed E-state index contributed by atoms with van der Waals surface area (Å²) in [4.78, 5) is 3.25. The standard InChI is InChI=1S/C55H32F8N2/c56-47-17-7-9-19-49(47)64(35-25-21-33(22-26-35)54(58,59)60)37-29-30-42-45(31-37)53(43-15-5-3-11-38(43)39-12-4-6-16-44(39)53)46-32-51(40-13-1-2-14-41(40)52(42)46)65(50-20-10-8-18-48(50)57)36-27-23-34(24-28-36)55(61,62)63/h1-32H. The zero-order chi connectivity index (χ0) is 44.8. The Morgan fingerprint density at radius 3 is 1.32 bits per heavy atom. The van der Waals surface area contributed by atoms with Crippen molar-refractivity contribution in [2.24, 2.45) is 0 Å². The van der Waals surface area contributed by atoms with E-state index in [9.17, 15) is 26.3 Å². The van der Waals surface area contributed by atoms with Gasteiger partial charge in [-0.25, -0.2) is 8.78 Å². The third-order valence-electron chi connectivity index (χ3n) is 12.6. The van der Waals surface area contributed by atoms with Gasteiger partial charge in [-0.2, -0.15) is 26.3 Å². The fraction of sp³-hybridized carbons (Fsp3) is 0.0545. The lowest BCUT2D eigenvalue weighted by Gasteiger charge is -2.34. The fourth-order valence-corrected chi connectivity index (χ4v) is 9.99. The van der Waals surface area contributed by atoms with Crippen LogP contribution in [0.25, 0.3) is 33.0 Å². The molecule has 65 heavy (non-hydrogen) atoms. The molecule has 1 spiro atoms. The van der Waals surface area contributed by atoms with Gasteiger partial charge in [-0.3, -0.25) is 0 Å². The molecule has 9 aromatic rings. The normalized spacial score (nSPS) is 13.4. The van der Waals surface area contributed by atoms with Crippen molar-refractivity contribution in [2.45, 2.75) is 17.8 Å². The first-order chi connectivity index (χ1) is 31.4. The maximum atomic E-state index is 16.3. The first-order valence-electron chi connectivity index (χ1n) is 20.7. The summed E-state index contributed by atoms with van der Waals surface area (Å²) in [5, 5.41) is 1.48. The summed E-state index contributed by atoms with van der Waals surface area (Å²) in [6, 6.07) is 52.9. The van der Waals surface area contributed by atoms with E-state index >= 15 is 8.78 Å². The lowest BCUT2D eigenvalue weighted by molar-refractivity contribution is -0.138. The summed E-state index contributed by atoms with van der Waals surface area (Å²) in [6.45, 7) is 0. The number of para-hydroxylation sites is 2. The molecule has 10 heteroatoms. The van der Waals surface area contributed by atoms with E-state index in [-0.39, 0.29) is 11.4 Å². The Balaban J connectivity index is 1.23. The number of anilines is 6. The first-order valence-corrected chi connectivity index (χ1v) is 20.7. The third kappa shape index (κ3) is 6.14. The monoisotopic (exact) mass is 872 g/mol. The van der Waals surface area contributed by atoms with Crippen LogP contribution in [-0.4, -0.2) is 0 Å². The first kappa shape index (κ1) is 40.1. The summed E-state index contributed by atoms with van der Waals surface area (Å²) < 4.78 is 116. The molecule has 0 heterocycles. The van der Waals surface area contributed by atoms with Crippen molar-refractivity contribution < 1.29 is 35.1 Å². The van der Waals surface area contributed by atoms with Crippen molar-refractivity contribution in [1.82, 2.24) is 0 Å². The molecule has 9 aromatic carbocycles. The topological polar surface area (TPSA) is 6.48 Å². The molecule has 2 nitrogen and oxygen atoms in total. The van der Waals surface area contributed by atoms with Gasteiger partial charge in [0.25, 0.3) is 0 Å². The number of hydrogen-bond acceptors (Lipinski definition) is 2. The molecule has 318 valence electrons. The van der Waals surface area contributed by atoms with E-state index in [0.717, 1.165) is 74.2 Å². The van der Waals surface area contributed by atoms with Crippen molar-refractivity contribution in [3.8, 4) is 22.3 Å². The predicted molar refractivity (Wildman–Crippen MR) is 240 cm³/mol. The Hall–Kier alpha value is -7.72. The van der Waals surface area contributed by atoms with Crippen LogP contribution < -0.4 is 9.80 Å². The van der Waals surface area contributed by atoms with E-state index in [2.05, 4.69) is 12.1 Å². The molecule has 2 aliphatic carbocycles. The minimum atomic E-state index is -4.60. The molecule has 0 atom stereocenters. The highest BCUT2D eigenvalue weighted by Crippen LogP contribution is 2.65. The molecule has 0 saturated heterocycles. The Kier molecular flexibility index (Phi) is 9.05. The van der Waals surface area contributed by atoms with Crippen molar-refractivity contribution in [3.63, 3.8) is 0 Å². The summed E-state index contributed by atoms with van der Waals surface area (Å²) in [5.41, 5.74) is 6.16. The van der Waals surface area contributed by atoms with Gasteiger partial charge in [0.2, 0.25) is 0 Å². The predicted octanol–water partition coefficient (Wildman–Crippen LogP) is 16.4. The van der Waals surface area contributed by atoms with Gasteiger partial charge in [-0.1, -0.05) is 103 Å². The molecule has 0 radical (unpaired) electrons. The van der Waals surface area contributed by atoms with Gasteiger partial charge in [0.1, 0.15) is 11.6 Å². The molecule has 0 fully saturated rings. The minimum absolute atomic E-state index is 0.119. The second-order valence-electron chi connectivity index (χ2n) is 16.1. The maximum Gasteiger partial charge on any atom is 0.416 e. The fourth-order valence-electron chi connectivity index (χ4n) is 9.99. The Morgan fingerprint density at radius 2 is 0.785 bits per heavy atom. The minimum Gasteiger partial charge on any atom is -0.308 e. The van der Waals surface area contributed by atoms with Crippen LogP contribution in [0.3, 0.4) is 0 Å². The second-order valence-corrected chi connectivity index (χ2v) is 16.1. The lowest BCUT2D eigenvalue weighted by atomic mass is 9.70. The summed E-state index contributed by atoms with van der Waals surface area (Å²) in [5.74, 6) is -1.18. The van der Waals surface area contributed by atoms with E-state index in [4.69, 9.17) is 0 Å². The van der Waals surface area contributed by atoms with Crippen molar-refractivity contribution in [1.29, 1.82) is 0 Å². The maximum absolute atomic E-state index is 16.3. The van der Waals surface area contributed by atoms with Crippen LogP contribution in [0.4, 0.5) is 69.2 Å². The van der Waals surface area contributed by atoms with Gasteiger partial charge in [0, 0.05) is 22.4 Å². The van der Waals surface area contributed by atoms with Crippen molar-refractivity contribution >= 4 is 44.9 Å². The molecule has 0 N–H and O–H groups in total. The molecule has 0 bridgehead atoms. The smallest absolute Gasteiger partial charge is 0.308 e. The average molecular weight is 873 g/mol. The van der Waals surface area contributed by atoms with Gasteiger partial charge in [0.15, 0.2) is 0 Å². The van der Waals surface area contributed by atoms with E-state index in [1.54, 1.807) is 46.2 Å². The highest BCUT2D eigenvalue weighted by Gasteiger charge is 2.53. The molecular weight excluding hydrogens is 841 g/mol. The SMILES string of the molecule is Fc1ccccc1N(c1ccc(C(F)(F)F)cc1)c1ccc2c(c1)C1(c3ccccc3-c3ccccc31)c1cc(N(c3ccc(C(F)(F)F)cc3)c3ccccc3F)c3ccccc3c1-2. The number of hydrogen-bond donors (Lipinski definition) is 0. The zero-order valence-electron chi connectivity index (χ0n) is 33.9. The number of rotatable bonds is 6. The third-order valence-corrected chi connectivity index (χ3v) is 12.6. The number of alkyl halides is 6. The van der Waals surface area contributed by atoms with Crippen molar-refractivity contribution in [3.05, 3.63) is 239 Å². The van der Waals surface area contributed by atoms with Crippen LogP contribution in [0.15, 0.2) is 194 Å². The van der Waals surface area contributed by atoms with Gasteiger partial charge >= 0.3 is 12.4 Å². The lowest BCUT2D eigenvalue weighted by Crippen LogP contribution is -2.26. The molecule has 0 aromatic heterocycles. The summed E-state index contributed by atoms with van der Waals surface area (Å²) in [7, 11) is 0. The van der Waals surface area contributed by atoms with Crippen LogP contribution >= 0.6 is 0 Å². The average Bonchev–Trinajstić information content (AvgIpc) is 3.77. The Morgan fingerprint density at radius 1 is 0.338 bits per heavy atom. The van der Waals surface area contributed by atoms with E-state index in [0.29, 0.717) is 28.1 Å². The molecule has 0 unspecified atom stereocenters. The zero-order valence-corrected chi connectivity index (χ0v) is 33.9. The van der Waals surface area contributed by atoms with Gasteiger partial charge < -0.3 is 9.80 Å². The highest BCUT2D eigenvalue weighted by atomic mass is 19.4. The molecule has 11 rings (SSSR count). The quantitative estimate of drug-likeness (QED) is 0.154. The molecule has 0 amide bonds. The van der Waals surface area contributed by atoms with Crippen LogP contribution in [-0.2, 0) is 17.8 Å². The van der Waals surface area contributed by atoms with Gasteiger partial charge in [-0.05, 0) is 141 Å². The Bertz CT molecular complexity index is 3290. The summed E-state index contributed by atoms with van der Waals surface area (Å²) >= 11 is 0. The largest absolute Gasteiger partial charge is 0.416 e. The molecular formula is C55H32F8N2. The van der Waals surface area contributed by atoms with E-state index in [1.807, 2.05) is 84.9 Å². The number of fused-ring (bicyclic) bond motifs is 12. The van der Waals surface area contributed by atoms with Gasteiger partial charge in [-0.15, -0.1) is 0 Å². The summed E-state index contributed by atoms with van der Waals surface area (Å²) in [6.07, 6.45) is -9.19. The second kappa shape index (κ2) is 14.7. The van der Waals surface area contributed by atoms with E-state index < -0.39 is 40.5 Å².